The van der Waals surface area contributed by atoms with Crippen molar-refractivity contribution in [1.29, 1.82) is 0 Å². The third-order valence-corrected chi connectivity index (χ3v) is 3.26. The Labute approximate surface area is 97.9 Å². The van der Waals surface area contributed by atoms with Crippen molar-refractivity contribution >= 4 is 5.78 Å². The van der Waals surface area contributed by atoms with Crippen molar-refractivity contribution < 1.29 is 4.79 Å². The van der Waals surface area contributed by atoms with Crippen LogP contribution in [0.5, 0.6) is 0 Å². The number of hydrogen-bond donors (Lipinski definition) is 0. The molecule has 1 fully saturated rings. The first-order valence-corrected chi connectivity index (χ1v) is 6.25. The molecule has 0 spiro atoms. The molecular formula is C15H20O. The molecule has 0 N–H and O–H groups in total. The number of Topliss-reactive ketones (excluding diaryl/α,β-unsaturated/α-hetero) is 1. The maximum absolute atomic E-state index is 11.7. The normalized spacial score (nSPS) is 15.4. The lowest BCUT2D eigenvalue weighted by Gasteiger charge is -2.06. The maximum atomic E-state index is 11.7. The molecule has 0 heterocycles. The number of carbonyl (C=O) groups excluding carboxylic acids is 1. The van der Waals surface area contributed by atoms with Gasteiger partial charge in [-0.2, -0.15) is 0 Å². The van der Waals surface area contributed by atoms with E-state index in [9.17, 15) is 4.79 Å². The largest absolute Gasteiger partial charge is 0.299 e. The van der Waals surface area contributed by atoms with Gasteiger partial charge in [-0.1, -0.05) is 38.1 Å². The summed E-state index contributed by atoms with van der Waals surface area (Å²) in [5.41, 5.74) is 2.51. The zero-order chi connectivity index (χ0) is 11.5. The molecule has 0 aromatic heterocycles. The molecule has 0 amide bonds. The summed E-state index contributed by atoms with van der Waals surface area (Å²) in [6.07, 6.45) is 3.94. The van der Waals surface area contributed by atoms with Gasteiger partial charge < -0.3 is 0 Å². The lowest BCUT2D eigenvalue weighted by atomic mass is 9.99. The van der Waals surface area contributed by atoms with Crippen LogP contribution >= 0.6 is 0 Å². The Morgan fingerprint density at radius 2 is 1.88 bits per heavy atom. The summed E-state index contributed by atoms with van der Waals surface area (Å²) in [4.78, 5) is 11.7. The van der Waals surface area contributed by atoms with Crippen LogP contribution in [0.4, 0.5) is 0 Å². The van der Waals surface area contributed by atoms with Gasteiger partial charge in [-0.05, 0) is 35.8 Å². The second kappa shape index (κ2) is 4.82. The average molecular weight is 216 g/mol. The van der Waals surface area contributed by atoms with Crippen molar-refractivity contribution in [2.45, 2.75) is 45.4 Å². The summed E-state index contributed by atoms with van der Waals surface area (Å²) < 4.78 is 0. The van der Waals surface area contributed by atoms with Gasteiger partial charge >= 0.3 is 0 Å². The van der Waals surface area contributed by atoms with E-state index in [0.29, 0.717) is 24.0 Å². The molecular weight excluding hydrogens is 196 g/mol. The van der Waals surface area contributed by atoms with Crippen LogP contribution in [0.15, 0.2) is 24.3 Å². The van der Waals surface area contributed by atoms with Gasteiger partial charge in [0.15, 0.2) is 0 Å². The average Bonchev–Trinajstić information content (AvgIpc) is 3.02. The molecule has 1 aromatic rings. The minimum atomic E-state index is 0.403. The monoisotopic (exact) mass is 216 g/mol. The first-order chi connectivity index (χ1) is 7.65. The van der Waals surface area contributed by atoms with Gasteiger partial charge in [-0.25, -0.2) is 0 Å². The van der Waals surface area contributed by atoms with Crippen molar-refractivity contribution in [3.63, 3.8) is 0 Å². The maximum Gasteiger partial charge on any atom is 0.137 e. The number of rotatable bonds is 5. The second-order valence-electron chi connectivity index (χ2n) is 5.26. The zero-order valence-electron chi connectivity index (χ0n) is 10.2. The van der Waals surface area contributed by atoms with E-state index in [1.165, 1.54) is 18.4 Å². The van der Waals surface area contributed by atoms with Gasteiger partial charge in [0.25, 0.3) is 0 Å². The molecule has 0 unspecified atom stereocenters. The van der Waals surface area contributed by atoms with Crippen LogP contribution in [0, 0.1) is 5.92 Å². The Morgan fingerprint density at radius 1 is 1.25 bits per heavy atom. The fraction of sp³-hybridized carbons (Fsp3) is 0.533. The van der Waals surface area contributed by atoms with E-state index in [0.717, 1.165) is 12.0 Å². The molecule has 1 heteroatoms. The Bertz CT molecular complexity index is 358. The van der Waals surface area contributed by atoms with Crippen LogP contribution in [-0.4, -0.2) is 5.78 Å². The van der Waals surface area contributed by atoms with Gasteiger partial charge in [0.1, 0.15) is 5.78 Å². The molecule has 2 rings (SSSR count). The molecule has 0 saturated heterocycles. The molecule has 0 radical (unpaired) electrons. The first-order valence-electron chi connectivity index (χ1n) is 6.25. The standard InChI is InChI=1S/C15H20O/c1-11(2)14-7-5-13(6-8-14)10-15(16)9-12-3-4-12/h5-8,11-12H,3-4,9-10H2,1-2H3. The fourth-order valence-electron chi connectivity index (χ4n) is 1.96. The van der Waals surface area contributed by atoms with Crippen molar-refractivity contribution in [3.05, 3.63) is 35.4 Å². The SMILES string of the molecule is CC(C)c1ccc(CC(=O)CC2CC2)cc1. The molecule has 16 heavy (non-hydrogen) atoms. The van der Waals surface area contributed by atoms with Gasteiger partial charge in [0.2, 0.25) is 0 Å². The number of benzene rings is 1. The molecule has 1 aliphatic rings. The van der Waals surface area contributed by atoms with E-state index < -0.39 is 0 Å². The molecule has 0 bridgehead atoms. The van der Waals surface area contributed by atoms with Crippen LogP contribution in [0.2, 0.25) is 0 Å². The predicted molar refractivity (Wildman–Crippen MR) is 66.6 cm³/mol. The minimum absolute atomic E-state index is 0.403. The van der Waals surface area contributed by atoms with E-state index in [-0.39, 0.29) is 0 Å². The molecule has 1 aromatic carbocycles. The Hall–Kier alpha value is -1.11. The third kappa shape index (κ3) is 3.19. The topological polar surface area (TPSA) is 17.1 Å². The smallest absolute Gasteiger partial charge is 0.137 e. The van der Waals surface area contributed by atoms with E-state index in [1.54, 1.807) is 0 Å². The van der Waals surface area contributed by atoms with Crippen LogP contribution in [0.3, 0.4) is 0 Å². The summed E-state index contributed by atoms with van der Waals surface area (Å²) in [6, 6.07) is 8.48. The summed E-state index contributed by atoms with van der Waals surface area (Å²) in [7, 11) is 0. The van der Waals surface area contributed by atoms with E-state index in [1.807, 2.05) is 0 Å². The van der Waals surface area contributed by atoms with Crippen molar-refractivity contribution in [1.82, 2.24) is 0 Å². The highest BCUT2D eigenvalue weighted by atomic mass is 16.1. The Balaban J connectivity index is 1.90. The number of ketones is 1. The second-order valence-corrected chi connectivity index (χ2v) is 5.26. The summed E-state index contributed by atoms with van der Waals surface area (Å²) in [6.45, 7) is 4.38. The number of carbonyl (C=O) groups is 1. The lowest BCUT2D eigenvalue weighted by molar-refractivity contribution is -0.118. The molecule has 1 nitrogen and oxygen atoms in total. The van der Waals surface area contributed by atoms with E-state index in [4.69, 9.17) is 0 Å². The highest BCUT2D eigenvalue weighted by Gasteiger charge is 2.24. The summed E-state index contributed by atoms with van der Waals surface area (Å²) in [5.74, 6) is 1.68. The van der Waals surface area contributed by atoms with Crippen LogP contribution < -0.4 is 0 Å². The van der Waals surface area contributed by atoms with Crippen molar-refractivity contribution in [3.8, 4) is 0 Å². The third-order valence-electron chi connectivity index (χ3n) is 3.26. The summed E-state index contributed by atoms with van der Waals surface area (Å²) >= 11 is 0. The fourth-order valence-corrected chi connectivity index (χ4v) is 1.96. The quantitative estimate of drug-likeness (QED) is 0.733. The van der Waals surface area contributed by atoms with E-state index in [2.05, 4.69) is 38.1 Å². The molecule has 1 saturated carbocycles. The minimum Gasteiger partial charge on any atom is -0.299 e. The Kier molecular flexibility index (Phi) is 3.42. The first kappa shape index (κ1) is 11.4. The molecule has 0 aliphatic heterocycles. The predicted octanol–water partition coefficient (Wildman–Crippen LogP) is 3.72. The highest BCUT2D eigenvalue weighted by molar-refractivity contribution is 5.81. The summed E-state index contributed by atoms with van der Waals surface area (Å²) in [5, 5.41) is 0. The Morgan fingerprint density at radius 3 is 2.38 bits per heavy atom. The van der Waals surface area contributed by atoms with Gasteiger partial charge in [-0.3, -0.25) is 4.79 Å². The molecule has 86 valence electrons. The lowest BCUT2D eigenvalue weighted by Crippen LogP contribution is -2.03. The van der Waals surface area contributed by atoms with Crippen LogP contribution in [0.1, 0.15) is 50.2 Å². The highest BCUT2D eigenvalue weighted by Crippen LogP contribution is 2.32. The van der Waals surface area contributed by atoms with Crippen LogP contribution in [0.25, 0.3) is 0 Å². The van der Waals surface area contributed by atoms with Crippen molar-refractivity contribution in [2.75, 3.05) is 0 Å². The van der Waals surface area contributed by atoms with Gasteiger partial charge in [0.05, 0.1) is 0 Å². The zero-order valence-corrected chi connectivity index (χ0v) is 10.2. The molecule has 0 atom stereocenters. The van der Waals surface area contributed by atoms with E-state index >= 15 is 0 Å². The van der Waals surface area contributed by atoms with Gasteiger partial charge in [-0.15, -0.1) is 0 Å². The van der Waals surface area contributed by atoms with Gasteiger partial charge in [0, 0.05) is 12.8 Å². The number of hydrogen-bond acceptors (Lipinski definition) is 1. The van der Waals surface area contributed by atoms with Crippen molar-refractivity contribution in [2.24, 2.45) is 5.92 Å². The molecule has 1 aliphatic carbocycles. The van der Waals surface area contributed by atoms with Crippen LogP contribution in [-0.2, 0) is 11.2 Å².